The molecule has 0 bridgehead atoms. The minimum absolute atomic E-state index is 0.115. The van der Waals surface area contributed by atoms with Crippen molar-refractivity contribution in [2.24, 2.45) is 11.8 Å². The first-order valence-electron chi connectivity index (χ1n) is 11.8. The number of aromatic nitrogens is 3. The average Bonchev–Trinajstić information content (AvgIpc) is 3.07. The highest BCUT2D eigenvalue weighted by atomic mass is 19.4. The number of piperidine rings is 1. The third-order valence-electron chi connectivity index (χ3n) is 7.30. The summed E-state index contributed by atoms with van der Waals surface area (Å²) >= 11 is 0. The highest BCUT2D eigenvalue weighted by molar-refractivity contribution is 5.64. The fraction of sp³-hybridized carbons (Fsp3) is 0.652. The van der Waals surface area contributed by atoms with Crippen molar-refractivity contribution in [3.8, 4) is 17.0 Å². The van der Waals surface area contributed by atoms with E-state index in [0.717, 1.165) is 38.4 Å². The molecule has 4 heterocycles. The van der Waals surface area contributed by atoms with Gasteiger partial charge in [0.2, 0.25) is 0 Å². The van der Waals surface area contributed by atoms with Crippen LogP contribution in [0.5, 0.6) is 5.75 Å². The molecule has 0 spiro atoms. The Morgan fingerprint density at radius 3 is 2.68 bits per heavy atom. The lowest BCUT2D eigenvalue weighted by atomic mass is 10.0. The number of fused-ring (bicyclic) bond motifs is 1. The number of alkyl halides is 3. The van der Waals surface area contributed by atoms with Crippen molar-refractivity contribution in [1.29, 1.82) is 0 Å². The van der Waals surface area contributed by atoms with Crippen LogP contribution in [0.2, 0.25) is 0 Å². The van der Waals surface area contributed by atoms with Crippen LogP contribution in [0, 0.1) is 11.8 Å². The van der Waals surface area contributed by atoms with E-state index < -0.39 is 12.1 Å². The highest BCUT2D eigenvalue weighted by Gasteiger charge is 2.63. The van der Waals surface area contributed by atoms with Gasteiger partial charge in [-0.3, -0.25) is 9.58 Å². The molecule has 5 rings (SSSR count). The SMILES string of the molecule is CNCCC1[C@@H]2[C@H](CN1C1COC1)[C@H]2c1cc(-c2cnc(N)c(OC(F)(F)F)c2)nn1C(C)C. The molecule has 1 saturated carbocycles. The largest absolute Gasteiger partial charge is 0.573 e. The molecular weight excluding hydrogens is 449 g/mol. The van der Waals surface area contributed by atoms with Gasteiger partial charge in [0.1, 0.15) is 0 Å². The minimum Gasteiger partial charge on any atom is -0.402 e. The molecule has 3 N–H and O–H groups in total. The lowest BCUT2D eigenvalue weighted by Gasteiger charge is -2.40. The van der Waals surface area contributed by atoms with Crippen molar-refractivity contribution in [2.75, 3.05) is 39.1 Å². The minimum atomic E-state index is -4.85. The Balaban J connectivity index is 1.42. The summed E-state index contributed by atoms with van der Waals surface area (Å²) in [7, 11) is 1.98. The molecule has 4 atom stereocenters. The molecular formula is C23H31F3N6O2. The molecule has 186 valence electrons. The molecule has 2 saturated heterocycles. The second-order valence-corrected chi connectivity index (χ2v) is 9.76. The van der Waals surface area contributed by atoms with Crippen LogP contribution in [0.15, 0.2) is 18.3 Å². The van der Waals surface area contributed by atoms with Gasteiger partial charge >= 0.3 is 6.36 Å². The summed E-state index contributed by atoms with van der Waals surface area (Å²) < 4.78 is 49.8. The van der Waals surface area contributed by atoms with Gasteiger partial charge in [-0.1, -0.05) is 0 Å². The lowest BCUT2D eigenvalue weighted by Crippen LogP contribution is -2.53. The van der Waals surface area contributed by atoms with E-state index >= 15 is 0 Å². The zero-order chi connectivity index (χ0) is 24.2. The Bertz CT molecular complexity index is 1040. The number of nitrogens with zero attached hydrogens (tertiary/aromatic N) is 4. The predicted molar refractivity (Wildman–Crippen MR) is 120 cm³/mol. The van der Waals surface area contributed by atoms with Gasteiger partial charge in [0.25, 0.3) is 0 Å². The molecule has 3 fully saturated rings. The number of anilines is 1. The topological polar surface area (TPSA) is 90.5 Å². The molecule has 0 radical (unpaired) electrons. The summed E-state index contributed by atoms with van der Waals surface area (Å²) in [4.78, 5) is 6.53. The number of nitrogens with one attached hydrogen (secondary N) is 1. The number of likely N-dealkylation sites (tertiary alicyclic amines) is 1. The Kier molecular flexibility index (Phi) is 5.97. The number of nitrogens with two attached hydrogens (primary N) is 1. The smallest absolute Gasteiger partial charge is 0.402 e. The Morgan fingerprint density at radius 2 is 2.06 bits per heavy atom. The second-order valence-electron chi connectivity index (χ2n) is 9.76. The molecule has 34 heavy (non-hydrogen) atoms. The molecule has 1 aliphatic carbocycles. The van der Waals surface area contributed by atoms with Crippen molar-refractivity contribution in [1.82, 2.24) is 25.0 Å². The number of nitrogen functional groups attached to an aromatic ring is 1. The van der Waals surface area contributed by atoms with E-state index in [-0.39, 0.29) is 11.9 Å². The first-order chi connectivity index (χ1) is 16.2. The maximum Gasteiger partial charge on any atom is 0.573 e. The molecule has 8 nitrogen and oxygen atoms in total. The second kappa shape index (κ2) is 8.69. The van der Waals surface area contributed by atoms with Gasteiger partial charge in [0.15, 0.2) is 11.6 Å². The van der Waals surface area contributed by atoms with Crippen molar-refractivity contribution < 1.29 is 22.6 Å². The van der Waals surface area contributed by atoms with E-state index in [0.29, 0.717) is 41.1 Å². The molecule has 11 heteroatoms. The maximum atomic E-state index is 12.8. The van der Waals surface area contributed by atoms with Crippen LogP contribution in [0.25, 0.3) is 11.3 Å². The number of rotatable bonds is 8. The number of ether oxygens (including phenoxy) is 2. The highest BCUT2D eigenvalue weighted by Crippen LogP contribution is 2.62. The van der Waals surface area contributed by atoms with Crippen LogP contribution in [-0.4, -0.2) is 71.5 Å². The fourth-order valence-corrected chi connectivity index (χ4v) is 5.68. The average molecular weight is 481 g/mol. The number of hydrogen-bond donors (Lipinski definition) is 2. The van der Waals surface area contributed by atoms with Crippen LogP contribution in [0.3, 0.4) is 0 Å². The van der Waals surface area contributed by atoms with Crippen LogP contribution < -0.4 is 15.8 Å². The van der Waals surface area contributed by atoms with E-state index in [9.17, 15) is 13.2 Å². The summed E-state index contributed by atoms with van der Waals surface area (Å²) in [6, 6.07) is 4.37. The van der Waals surface area contributed by atoms with Gasteiger partial charge in [-0.05, 0) is 57.8 Å². The molecule has 0 aromatic carbocycles. The Hall–Kier alpha value is -2.37. The zero-order valence-corrected chi connectivity index (χ0v) is 19.5. The van der Waals surface area contributed by atoms with Crippen LogP contribution in [0.1, 0.15) is 37.9 Å². The number of hydrogen-bond acceptors (Lipinski definition) is 7. The van der Waals surface area contributed by atoms with Gasteiger partial charge in [-0.25, -0.2) is 4.98 Å². The first kappa shape index (κ1) is 23.4. The fourth-order valence-electron chi connectivity index (χ4n) is 5.68. The van der Waals surface area contributed by atoms with E-state index in [1.165, 1.54) is 12.3 Å². The summed E-state index contributed by atoms with van der Waals surface area (Å²) in [5.41, 5.74) is 7.76. The zero-order valence-electron chi connectivity index (χ0n) is 19.5. The van der Waals surface area contributed by atoms with E-state index in [1.54, 1.807) is 0 Å². The van der Waals surface area contributed by atoms with Crippen molar-refractivity contribution in [3.05, 3.63) is 24.0 Å². The van der Waals surface area contributed by atoms with E-state index in [4.69, 9.17) is 15.6 Å². The molecule has 2 aromatic heterocycles. The van der Waals surface area contributed by atoms with Gasteiger partial charge in [0.05, 0.1) is 24.9 Å². The third-order valence-corrected chi connectivity index (χ3v) is 7.30. The Labute approximate surface area is 196 Å². The van der Waals surface area contributed by atoms with Gasteiger partial charge in [0, 0.05) is 42.0 Å². The van der Waals surface area contributed by atoms with Crippen LogP contribution >= 0.6 is 0 Å². The maximum absolute atomic E-state index is 12.8. The first-order valence-corrected chi connectivity index (χ1v) is 11.8. The van der Waals surface area contributed by atoms with Gasteiger partial charge in [-0.2, -0.15) is 5.10 Å². The predicted octanol–water partition coefficient (Wildman–Crippen LogP) is 3.03. The monoisotopic (exact) mass is 480 g/mol. The lowest BCUT2D eigenvalue weighted by molar-refractivity contribution is -0.274. The molecule has 0 amide bonds. The standard InChI is InChI=1S/C23H31F3N6O2/c1-12(2)32-18(7-16(30-32)13-6-19(22(27)29-8-13)34-23(24,25)26)21-15-9-31(14-10-33-11-14)17(20(15)21)4-5-28-3/h6-8,12,14-15,17,20-21,28H,4-5,9-11H2,1-3H3,(H2,27,29)/t15-,17?,20-,21-/m0/s1. The number of pyridine rings is 1. The summed E-state index contributed by atoms with van der Waals surface area (Å²) in [6.07, 6.45) is -2.33. The quantitative estimate of drug-likeness (QED) is 0.600. The summed E-state index contributed by atoms with van der Waals surface area (Å²) in [5.74, 6) is 0.659. The summed E-state index contributed by atoms with van der Waals surface area (Å²) in [6.45, 7) is 7.74. The normalized spacial score (nSPS) is 27.1. The molecule has 2 aromatic rings. The molecule has 3 aliphatic rings. The Morgan fingerprint density at radius 1 is 1.29 bits per heavy atom. The molecule has 1 unspecified atom stereocenters. The number of halogens is 3. The van der Waals surface area contributed by atoms with Gasteiger partial charge in [-0.15, -0.1) is 13.2 Å². The van der Waals surface area contributed by atoms with Gasteiger partial charge < -0.3 is 20.5 Å². The third kappa shape index (κ3) is 4.25. The van der Waals surface area contributed by atoms with E-state index in [2.05, 4.69) is 33.8 Å². The van der Waals surface area contributed by atoms with Crippen LogP contribution in [0.4, 0.5) is 19.0 Å². The van der Waals surface area contributed by atoms with Crippen molar-refractivity contribution >= 4 is 5.82 Å². The van der Waals surface area contributed by atoms with Crippen molar-refractivity contribution in [2.45, 2.75) is 50.7 Å². The van der Waals surface area contributed by atoms with Crippen molar-refractivity contribution in [3.63, 3.8) is 0 Å². The van der Waals surface area contributed by atoms with E-state index in [1.807, 2.05) is 17.8 Å². The van der Waals surface area contributed by atoms with Crippen LogP contribution in [-0.2, 0) is 4.74 Å². The summed E-state index contributed by atoms with van der Waals surface area (Å²) in [5, 5.41) is 8.04. The molecule has 2 aliphatic heterocycles.